The summed E-state index contributed by atoms with van der Waals surface area (Å²) in [6.07, 6.45) is 8.63. The van der Waals surface area contributed by atoms with Gasteiger partial charge in [0.2, 0.25) is 5.91 Å². The van der Waals surface area contributed by atoms with Gasteiger partial charge in [-0.2, -0.15) is 5.10 Å². The van der Waals surface area contributed by atoms with Crippen molar-refractivity contribution in [1.29, 1.82) is 0 Å². The van der Waals surface area contributed by atoms with Gasteiger partial charge in [-0.15, -0.1) is 11.3 Å². The van der Waals surface area contributed by atoms with Crippen molar-refractivity contribution in [3.63, 3.8) is 0 Å². The van der Waals surface area contributed by atoms with E-state index < -0.39 is 0 Å². The van der Waals surface area contributed by atoms with Crippen molar-refractivity contribution in [2.45, 2.75) is 57.9 Å². The van der Waals surface area contributed by atoms with Crippen LogP contribution < -0.4 is 21.3 Å². The second-order valence-electron chi connectivity index (χ2n) is 9.50. The highest BCUT2D eigenvalue weighted by molar-refractivity contribution is 7.80. The first kappa shape index (κ1) is 22.3. The van der Waals surface area contributed by atoms with Crippen LogP contribution in [0.15, 0.2) is 6.20 Å². The monoisotopic (exact) mass is 486 g/mol. The third kappa shape index (κ3) is 5.22. The number of aromatic nitrogens is 2. The van der Waals surface area contributed by atoms with E-state index in [0.717, 1.165) is 42.6 Å². The van der Waals surface area contributed by atoms with Crippen LogP contribution in [0.25, 0.3) is 0 Å². The van der Waals surface area contributed by atoms with Gasteiger partial charge in [0.15, 0.2) is 10.9 Å². The van der Waals surface area contributed by atoms with Crippen LogP contribution in [0.1, 0.15) is 58.5 Å². The Hall–Kier alpha value is -2.46. The summed E-state index contributed by atoms with van der Waals surface area (Å²) in [5, 5.41) is 18.4. The number of carbonyl (C=O) groups excluding carboxylic acids is 2. The molecule has 3 aliphatic carbocycles. The smallest absolute Gasteiger partial charge is 0.254 e. The molecule has 8 nitrogen and oxygen atoms in total. The highest BCUT2D eigenvalue weighted by Crippen LogP contribution is 2.40. The molecular weight excluding hydrogens is 456 g/mol. The zero-order valence-corrected chi connectivity index (χ0v) is 20.6. The van der Waals surface area contributed by atoms with Crippen molar-refractivity contribution in [2.75, 3.05) is 17.2 Å². The molecule has 2 fully saturated rings. The second kappa shape index (κ2) is 9.06. The predicted molar refractivity (Wildman–Crippen MR) is 134 cm³/mol. The first-order chi connectivity index (χ1) is 15.9. The number of carbonyl (C=O) groups is 2. The van der Waals surface area contributed by atoms with Gasteiger partial charge >= 0.3 is 0 Å². The molecule has 1 atom stereocenters. The van der Waals surface area contributed by atoms with E-state index in [4.69, 9.17) is 12.2 Å². The molecule has 0 unspecified atom stereocenters. The van der Waals surface area contributed by atoms with Gasteiger partial charge in [-0.25, -0.2) is 0 Å². The molecular formula is C23H30N6O2S2. The number of amides is 2. The standard InChI is InChI=1S/C23H30N6O2S2/c1-12-11-29(2)28-19(12)26-23(32)25-15-7-8-17-16(9-15)18(21(31)24-10-13-3-4-13)22(33-17)27-20(30)14-5-6-14/h11,13-15H,3-10H2,1-2H3,(H,24,31)(H,27,30)(H2,25,26,28,32)/t15-/m0/s1. The van der Waals surface area contributed by atoms with Gasteiger partial charge in [0.05, 0.1) is 5.56 Å². The third-order valence-corrected chi connectivity index (χ3v) is 7.93. The second-order valence-corrected chi connectivity index (χ2v) is 11.0. The van der Waals surface area contributed by atoms with E-state index in [-0.39, 0.29) is 23.8 Å². The normalized spacial score (nSPS) is 19.5. The van der Waals surface area contributed by atoms with Crippen LogP contribution in [0.2, 0.25) is 0 Å². The number of hydrogen-bond acceptors (Lipinski definition) is 5. The number of nitrogens with zero attached hydrogens (tertiary/aromatic N) is 2. The average molecular weight is 487 g/mol. The summed E-state index contributed by atoms with van der Waals surface area (Å²) in [7, 11) is 1.88. The minimum absolute atomic E-state index is 0.0376. The Morgan fingerprint density at radius 3 is 2.67 bits per heavy atom. The quantitative estimate of drug-likeness (QED) is 0.449. The van der Waals surface area contributed by atoms with Crippen molar-refractivity contribution in [3.05, 3.63) is 27.8 Å². The van der Waals surface area contributed by atoms with Gasteiger partial charge in [0, 0.05) is 42.2 Å². The third-order valence-electron chi connectivity index (χ3n) is 6.50. The molecule has 5 rings (SSSR count). The van der Waals surface area contributed by atoms with Gasteiger partial charge in [-0.05, 0) is 75.6 Å². The maximum Gasteiger partial charge on any atom is 0.254 e. The lowest BCUT2D eigenvalue weighted by atomic mass is 9.91. The summed E-state index contributed by atoms with van der Waals surface area (Å²) >= 11 is 7.10. The Balaban J connectivity index is 1.31. The summed E-state index contributed by atoms with van der Waals surface area (Å²) in [5.41, 5.74) is 2.71. The first-order valence-electron chi connectivity index (χ1n) is 11.7. The van der Waals surface area contributed by atoms with E-state index in [0.29, 0.717) is 34.6 Å². The van der Waals surface area contributed by atoms with Crippen molar-refractivity contribution in [1.82, 2.24) is 20.4 Å². The molecule has 0 aliphatic heterocycles. The molecule has 4 N–H and O–H groups in total. The van der Waals surface area contributed by atoms with Crippen molar-refractivity contribution in [3.8, 4) is 0 Å². The SMILES string of the molecule is Cc1cn(C)nc1NC(=S)N[C@H]1CCc2sc(NC(=O)C3CC3)c(C(=O)NCC3CC3)c2C1. The fraction of sp³-hybridized carbons (Fsp3) is 0.565. The molecule has 33 heavy (non-hydrogen) atoms. The molecule has 0 bridgehead atoms. The van der Waals surface area contributed by atoms with Crippen LogP contribution in [-0.2, 0) is 24.7 Å². The van der Waals surface area contributed by atoms with E-state index in [9.17, 15) is 9.59 Å². The topological polar surface area (TPSA) is 100 Å². The number of fused-ring (bicyclic) bond motifs is 1. The van der Waals surface area contributed by atoms with E-state index in [2.05, 4.69) is 26.4 Å². The zero-order chi connectivity index (χ0) is 23.1. The predicted octanol–water partition coefficient (Wildman–Crippen LogP) is 3.12. The van der Waals surface area contributed by atoms with Gasteiger partial charge < -0.3 is 21.3 Å². The van der Waals surface area contributed by atoms with Crippen LogP contribution in [0.5, 0.6) is 0 Å². The summed E-state index contributed by atoms with van der Waals surface area (Å²) < 4.78 is 1.75. The number of rotatable bonds is 7. The largest absolute Gasteiger partial charge is 0.359 e. The van der Waals surface area contributed by atoms with Gasteiger partial charge in [0.1, 0.15) is 5.00 Å². The summed E-state index contributed by atoms with van der Waals surface area (Å²) in [6, 6.07) is 0.109. The molecule has 2 amide bonds. The average Bonchev–Trinajstić information content (AvgIpc) is 3.68. The minimum Gasteiger partial charge on any atom is -0.359 e. The first-order valence-corrected chi connectivity index (χ1v) is 12.9. The molecule has 2 aromatic heterocycles. The fourth-order valence-electron chi connectivity index (χ4n) is 4.30. The number of anilines is 2. The highest BCUT2D eigenvalue weighted by atomic mass is 32.1. The number of hydrogen-bond donors (Lipinski definition) is 4. The molecule has 2 heterocycles. The number of nitrogens with one attached hydrogen (secondary N) is 4. The molecule has 0 spiro atoms. The van der Waals surface area contributed by atoms with Gasteiger partial charge in [-0.3, -0.25) is 14.3 Å². The van der Waals surface area contributed by atoms with E-state index in [1.165, 1.54) is 17.7 Å². The Labute approximate surface area is 202 Å². The number of aryl methyl sites for hydroxylation is 3. The van der Waals surface area contributed by atoms with E-state index in [1.54, 1.807) is 16.0 Å². The minimum atomic E-state index is -0.0732. The maximum absolute atomic E-state index is 13.2. The maximum atomic E-state index is 13.2. The molecule has 0 aromatic carbocycles. The Morgan fingerprint density at radius 1 is 1.21 bits per heavy atom. The van der Waals surface area contributed by atoms with E-state index in [1.807, 2.05) is 20.2 Å². The van der Waals surface area contributed by atoms with Crippen LogP contribution >= 0.6 is 23.6 Å². The Kier molecular flexibility index (Phi) is 6.13. The lowest BCUT2D eigenvalue weighted by Crippen LogP contribution is -2.41. The van der Waals surface area contributed by atoms with Crippen LogP contribution in [-0.4, -0.2) is 39.3 Å². The lowest BCUT2D eigenvalue weighted by molar-refractivity contribution is -0.117. The Bertz CT molecular complexity index is 1100. The van der Waals surface area contributed by atoms with E-state index >= 15 is 0 Å². The van der Waals surface area contributed by atoms with Crippen molar-refractivity contribution < 1.29 is 9.59 Å². The molecule has 3 aliphatic rings. The van der Waals surface area contributed by atoms with Crippen molar-refractivity contribution >= 4 is 51.3 Å². The molecule has 0 radical (unpaired) electrons. The lowest BCUT2D eigenvalue weighted by Gasteiger charge is -2.25. The van der Waals surface area contributed by atoms with Crippen LogP contribution in [0.4, 0.5) is 10.8 Å². The summed E-state index contributed by atoms with van der Waals surface area (Å²) in [4.78, 5) is 26.8. The summed E-state index contributed by atoms with van der Waals surface area (Å²) in [5.74, 6) is 1.40. The fourth-order valence-corrected chi connectivity index (χ4v) is 5.81. The molecule has 2 saturated carbocycles. The number of thiocarbonyl (C=S) groups is 1. The van der Waals surface area contributed by atoms with Gasteiger partial charge in [0.25, 0.3) is 5.91 Å². The molecule has 0 saturated heterocycles. The number of thiophene rings is 1. The van der Waals surface area contributed by atoms with Crippen molar-refractivity contribution in [2.24, 2.45) is 18.9 Å². The molecule has 176 valence electrons. The highest BCUT2D eigenvalue weighted by Gasteiger charge is 2.34. The molecule has 10 heteroatoms. The summed E-state index contributed by atoms with van der Waals surface area (Å²) in [6.45, 7) is 2.69. The molecule has 2 aromatic rings. The zero-order valence-electron chi connectivity index (χ0n) is 19.0. The van der Waals surface area contributed by atoms with Crippen LogP contribution in [0.3, 0.4) is 0 Å². The van der Waals surface area contributed by atoms with Crippen LogP contribution in [0, 0.1) is 18.8 Å². The Morgan fingerprint density at radius 2 is 2.00 bits per heavy atom. The van der Waals surface area contributed by atoms with Gasteiger partial charge in [-0.1, -0.05) is 0 Å².